The van der Waals surface area contributed by atoms with Gasteiger partial charge in [0.25, 0.3) is 0 Å². The fourth-order valence-corrected chi connectivity index (χ4v) is 2.88. The van der Waals surface area contributed by atoms with E-state index in [2.05, 4.69) is 4.98 Å². The number of halogens is 2. The fraction of sp³-hybridized carbons (Fsp3) is 0.222. The number of hydrogen-bond donors (Lipinski definition) is 2. The van der Waals surface area contributed by atoms with Gasteiger partial charge in [-0.1, -0.05) is 0 Å². The zero-order valence-electron chi connectivity index (χ0n) is 13.5. The van der Waals surface area contributed by atoms with Crippen LogP contribution >= 0.6 is 0 Å². The van der Waals surface area contributed by atoms with Crippen molar-refractivity contribution in [2.75, 3.05) is 5.73 Å². The molecule has 0 saturated heterocycles. The van der Waals surface area contributed by atoms with E-state index in [1.807, 2.05) is 19.3 Å². The number of nitrogen functional groups attached to an aromatic ring is 1. The maximum atomic E-state index is 14.7. The Hall–Kier alpha value is -2.96. The minimum Gasteiger partial charge on any atom is -0.425 e. The summed E-state index contributed by atoms with van der Waals surface area (Å²) >= 11 is 0. The summed E-state index contributed by atoms with van der Waals surface area (Å²) in [4.78, 5) is 4.06. The van der Waals surface area contributed by atoms with Gasteiger partial charge in [0.05, 0.1) is 17.3 Å². The van der Waals surface area contributed by atoms with Gasteiger partial charge in [0.15, 0.2) is 11.7 Å². The lowest BCUT2D eigenvalue weighted by molar-refractivity contribution is 0.441. The van der Waals surface area contributed by atoms with Crippen molar-refractivity contribution < 1.29 is 13.5 Å². The number of nitrogens with two attached hydrogens (primary N) is 1. The number of aryl methyl sites for hydroxylation is 1. The molecule has 3 N–H and O–H groups in total. The van der Waals surface area contributed by atoms with Crippen molar-refractivity contribution in [3.8, 4) is 17.1 Å². The molecule has 1 aliphatic rings. The third kappa shape index (κ3) is 2.61. The first-order chi connectivity index (χ1) is 12.0. The molecule has 1 fully saturated rings. The van der Waals surface area contributed by atoms with Gasteiger partial charge in [-0.3, -0.25) is 5.41 Å². The first-order valence-corrected chi connectivity index (χ1v) is 7.85. The number of aromatic nitrogens is 2. The number of alkyl halides is 1. The van der Waals surface area contributed by atoms with Gasteiger partial charge < -0.3 is 15.0 Å². The number of benzene rings is 1. The first-order valence-electron chi connectivity index (χ1n) is 7.85. The number of rotatable bonds is 3. The van der Waals surface area contributed by atoms with Gasteiger partial charge in [-0.2, -0.15) is 0 Å². The summed E-state index contributed by atoms with van der Waals surface area (Å²) in [6.45, 7) is 0. The fourth-order valence-electron chi connectivity index (χ4n) is 2.88. The van der Waals surface area contributed by atoms with Gasteiger partial charge in [0, 0.05) is 36.5 Å². The number of nitrogens with zero attached hydrogens (tertiary/aromatic N) is 2. The molecule has 0 spiro atoms. The van der Waals surface area contributed by atoms with E-state index in [1.165, 1.54) is 6.20 Å². The molecular formula is C18H16F2N4O. The third-order valence-corrected chi connectivity index (χ3v) is 4.46. The van der Waals surface area contributed by atoms with Crippen LogP contribution in [0.2, 0.25) is 0 Å². The zero-order chi connectivity index (χ0) is 17.7. The first kappa shape index (κ1) is 15.6. The van der Waals surface area contributed by atoms with E-state index in [1.54, 1.807) is 22.8 Å². The lowest BCUT2D eigenvalue weighted by Gasteiger charge is -2.12. The molecule has 5 nitrogen and oxygen atoms in total. The molecule has 0 aliphatic heterocycles. The molecule has 1 saturated carbocycles. The van der Waals surface area contributed by atoms with Gasteiger partial charge in [-0.05, 0) is 30.0 Å². The number of pyridine rings is 1. The molecule has 2 unspecified atom stereocenters. The number of nitrogens with one attached hydrogen (secondary N) is 1. The molecule has 2 aromatic heterocycles. The van der Waals surface area contributed by atoms with Crippen LogP contribution in [0.4, 0.5) is 14.5 Å². The molecule has 1 aliphatic carbocycles. The van der Waals surface area contributed by atoms with Gasteiger partial charge in [0.2, 0.25) is 5.88 Å². The molecule has 0 amide bonds. The summed E-state index contributed by atoms with van der Waals surface area (Å²) in [5.74, 6) is -0.969. The van der Waals surface area contributed by atoms with E-state index in [-0.39, 0.29) is 17.5 Å². The van der Waals surface area contributed by atoms with Crippen molar-refractivity contribution in [1.82, 2.24) is 9.55 Å². The highest BCUT2D eigenvalue weighted by molar-refractivity contribution is 5.97. The van der Waals surface area contributed by atoms with Gasteiger partial charge >= 0.3 is 0 Å². The van der Waals surface area contributed by atoms with Gasteiger partial charge in [0.1, 0.15) is 6.17 Å². The molecule has 0 bridgehead atoms. The SMILES string of the molecule is Cn1cccc1-c1cc2cc(OC(=N)C3CC3F)ncc2c(N)c1F. The zero-order valence-corrected chi connectivity index (χ0v) is 13.5. The highest BCUT2D eigenvalue weighted by Gasteiger charge is 2.43. The van der Waals surface area contributed by atoms with E-state index >= 15 is 0 Å². The highest BCUT2D eigenvalue weighted by Crippen LogP contribution is 2.36. The lowest BCUT2D eigenvalue weighted by Crippen LogP contribution is -2.11. The quantitative estimate of drug-likeness (QED) is 0.433. The third-order valence-electron chi connectivity index (χ3n) is 4.46. The smallest absolute Gasteiger partial charge is 0.221 e. The van der Waals surface area contributed by atoms with Crippen LogP contribution in [0.5, 0.6) is 5.88 Å². The Labute approximate surface area is 142 Å². The molecular weight excluding hydrogens is 326 g/mol. The normalized spacial score (nSPS) is 19.2. The van der Waals surface area contributed by atoms with Crippen molar-refractivity contribution in [2.45, 2.75) is 12.6 Å². The average Bonchev–Trinajstić information content (AvgIpc) is 3.17. The Morgan fingerprint density at radius 3 is 2.84 bits per heavy atom. The molecule has 7 heteroatoms. The predicted octanol–water partition coefficient (Wildman–Crippen LogP) is 3.68. The summed E-state index contributed by atoms with van der Waals surface area (Å²) in [6, 6.07) is 6.87. The summed E-state index contributed by atoms with van der Waals surface area (Å²) in [6.07, 6.45) is 2.52. The van der Waals surface area contributed by atoms with Crippen LogP contribution in [0, 0.1) is 17.1 Å². The molecule has 128 valence electrons. The average molecular weight is 342 g/mol. The molecule has 4 rings (SSSR count). The number of anilines is 1. The van der Waals surface area contributed by atoms with Crippen LogP contribution < -0.4 is 10.5 Å². The van der Waals surface area contributed by atoms with Crippen LogP contribution in [-0.4, -0.2) is 21.6 Å². The van der Waals surface area contributed by atoms with Crippen LogP contribution in [0.25, 0.3) is 22.0 Å². The number of hydrogen-bond acceptors (Lipinski definition) is 4. The topological polar surface area (TPSA) is 76.9 Å². The summed E-state index contributed by atoms with van der Waals surface area (Å²) in [5.41, 5.74) is 7.02. The van der Waals surface area contributed by atoms with Crippen LogP contribution in [0.3, 0.4) is 0 Å². The Morgan fingerprint density at radius 1 is 1.44 bits per heavy atom. The molecule has 0 radical (unpaired) electrons. The molecule has 25 heavy (non-hydrogen) atoms. The Morgan fingerprint density at radius 2 is 2.20 bits per heavy atom. The van der Waals surface area contributed by atoms with Gasteiger partial charge in [-0.25, -0.2) is 13.8 Å². The lowest BCUT2D eigenvalue weighted by atomic mass is 10.0. The minimum absolute atomic E-state index is 0.00819. The van der Waals surface area contributed by atoms with Crippen LogP contribution in [0.1, 0.15) is 6.42 Å². The summed E-state index contributed by atoms with van der Waals surface area (Å²) < 4.78 is 34.8. The van der Waals surface area contributed by atoms with Gasteiger partial charge in [-0.15, -0.1) is 0 Å². The van der Waals surface area contributed by atoms with Crippen LogP contribution in [-0.2, 0) is 7.05 Å². The minimum atomic E-state index is -1.01. The maximum absolute atomic E-state index is 14.7. The largest absolute Gasteiger partial charge is 0.425 e. The number of ether oxygens (including phenoxy) is 1. The summed E-state index contributed by atoms with van der Waals surface area (Å²) in [5, 5.41) is 8.85. The Kier molecular flexibility index (Phi) is 3.45. The standard InChI is InChI=1S/C18H16F2N4O/c1-24-4-2-3-14(24)11-5-9-6-15(25-18(22)10-7-13(10)19)23-8-12(9)17(21)16(11)20/h2-6,8,10,13,22H,7,21H2,1H3. The predicted molar refractivity (Wildman–Crippen MR) is 91.9 cm³/mol. The van der Waals surface area contributed by atoms with Crippen molar-refractivity contribution in [3.05, 3.63) is 42.5 Å². The van der Waals surface area contributed by atoms with Crippen molar-refractivity contribution >= 4 is 22.4 Å². The molecule has 2 heterocycles. The number of fused-ring (bicyclic) bond motifs is 1. The summed E-state index contributed by atoms with van der Waals surface area (Å²) in [7, 11) is 1.82. The van der Waals surface area contributed by atoms with Crippen molar-refractivity contribution in [1.29, 1.82) is 5.41 Å². The van der Waals surface area contributed by atoms with Crippen molar-refractivity contribution in [2.24, 2.45) is 13.0 Å². The monoisotopic (exact) mass is 342 g/mol. The molecule has 3 aromatic rings. The Bertz CT molecular complexity index is 998. The van der Waals surface area contributed by atoms with E-state index in [4.69, 9.17) is 15.9 Å². The maximum Gasteiger partial charge on any atom is 0.221 e. The van der Waals surface area contributed by atoms with Crippen molar-refractivity contribution in [3.63, 3.8) is 0 Å². The highest BCUT2D eigenvalue weighted by atomic mass is 19.1. The van der Waals surface area contributed by atoms with E-state index in [9.17, 15) is 8.78 Å². The second-order valence-corrected chi connectivity index (χ2v) is 6.22. The van der Waals surface area contributed by atoms with Crippen LogP contribution in [0.15, 0.2) is 36.7 Å². The van der Waals surface area contributed by atoms with E-state index < -0.39 is 17.9 Å². The van der Waals surface area contributed by atoms with E-state index in [0.717, 1.165) is 0 Å². The second-order valence-electron chi connectivity index (χ2n) is 6.22. The second kappa shape index (κ2) is 5.54. The molecule has 2 atom stereocenters. The Balaban J connectivity index is 1.77. The molecule has 1 aromatic carbocycles. The van der Waals surface area contributed by atoms with E-state index in [0.29, 0.717) is 28.5 Å².